The van der Waals surface area contributed by atoms with Crippen molar-refractivity contribution < 1.29 is 0 Å². The van der Waals surface area contributed by atoms with E-state index in [9.17, 15) is 0 Å². The molecule has 0 spiro atoms. The Balaban J connectivity index is 1.31. The molecule has 2 saturated carbocycles. The Morgan fingerprint density at radius 1 is 0.667 bits per heavy atom. The van der Waals surface area contributed by atoms with Gasteiger partial charge in [-0.1, -0.05) is 95.0 Å². The molecule has 0 N–H and O–H groups in total. The number of unbranched alkanes of at least 4 members (excludes halogenated alkanes) is 1. The lowest BCUT2D eigenvalue weighted by atomic mass is 9.74. The predicted octanol–water partition coefficient (Wildman–Crippen LogP) is 7.74. The fourth-order valence-corrected chi connectivity index (χ4v) is 5.28. The summed E-state index contributed by atoms with van der Waals surface area (Å²) in [5.41, 5.74) is 1.58. The largest absolute Gasteiger partial charge is 0.0654 e. The second kappa shape index (κ2) is 9.64. The van der Waals surface area contributed by atoms with Gasteiger partial charge in [0, 0.05) is 0 Å². The minimum Gasteiger partial charge on any atom is -0.0654 e. The van der Waals surface area contributed by atoms with Gasteiger partial charge < -0.3 is 0 Å². The first-order valence-corrected chi connectivity index (χ1v) is 10.9. The molecule has 0 amide bonds. The van der Waals surface area contributed by atoms with Gasteiger partial charge in [-0.05, 0) is 54.9 Å². The second-order valence-electron chi connectivity index (χ2n) is 8.73. The third-order valence-electron chi connectivity index (χ3n) is 7.03. The van der Waals surface area contributed by atoms with Gasteiger partial charge in [-0.15, -0.1) is 0 Å². The third-order valence-corrected chi connectivity index (χ3v) is 7.03. The highest BCUT2D eigenvalue weighted by molar-refractivity contribution is 5.19. The molecule has 0 saturated heterocycles. The van der Waals surface area contributed by atoms with Crippen LogP contribution in [0.4, 0.5) is 0 Å². The van der Waals surface area contributed by atoms with E-state index in [2.05, 4.69) is 37.3 Å². The Morgan fingerprint density at radius 2 is 1.17 bits per heavy atom. The van der Waals surface area contributed by atoms with Gasteiger partial charge >= 0.3 is 0 Å². The van der Waals surface area contributed by atoms with Crippen LogP contribution in [0, 0.1) is 17.8 Å². The zero-order valence-corrected chi connectivity index (χ0v) is 15.9. The zero-order chi connectivity index (χ0) is 16.6. The van der Waals surface area contributed by atoms with E-state index < -0.39 is 0 Å². The molecular weight excluding hydrogens is 288 g/mol. The van der Waals surface area contributed by atoms with Gasteiger partial charge in [-0.2, -0.15) is 0 Å². The molecule has 0 aliphatic heterocycles. The van der Waals surface area contributed by atoms with Crippen LogP contribution in [0.15, 0.2) is 30.3 Å². The van der Waals surface area contributed by atoms with Gasteiger partial charge in [0.15, 0.2) is 0 Å². The summed E-state index contributed by atoms with van der Waals surface area (Å²) in [6, 6.07) is 11.2. The average Bonchev–Trinajstić information content (AvgIpc) is 2.67. The second-order valence-corrected chi connectivity index (χ2v) is 8.73. The van der Waals surface area contributed by atoms with Gasteiger partial charge in [-0.25, -0.2) is 0 Å². The van der Waals surface area contributed by atoms with Crippen LogP contribution in [0.1, 0.15) is 102 Å². The third kappa shape index (κ3) is 5.36. The summed E-state index contributed by atoms with van der Waals surface area (Å²) in [4.78, 5) is 0. The van der Waals surface area contributed by atoms with E-state index in [0.29, 0.717) is 0 Å². The van der Waals surface area contributed by atoms with Crippen LogP contribution >= 0.6 is 0 Å². The molecular formula is C24H38. The molecule has 1 aromatic carbocycles. The molecule has 0 unspecified atom stereocenters. The Kier molecular flexibility index (Phi) is 7.24. The monoisotopic (exact) mass is 326 g/mol. The Morgan fingerprint density at radius 3 is 1.71 bits per heavy atom. The van der Waals surface area contributed by atoms with Crippen molar-refractivity contribution in [1.29, 1.82) is 0 Å². The van der Waals surface area contributed by atoms with Crippen molar-refractivity contribution in [2.75, 3.05) is 0 Å². The summed E-state index contributed by atoms with van der Waals surface area (Å²) in [6.07, 6.45) is 19.3. The molecule has 134 valence electrons. The van der Waals surface area contributed by atoms with Crippen molar-refractivity contribution in [3.05, 3.63) is 35.9 Å². The molecule has 3 rings (SSSR count). The van der Waals surface area contributed by atoms with Crippen molar-refractivity contribution in [3.63, 3.8) is 0 Å². The quantitative estimate of drug-likeness (QED) is 0.480. The van der Waals surface area contributed by atoms with E-state index in [4.69, 9.17) is 0 Å². The standard InChI is InChI=1S/C24H38/c1-2-3-7-20-10-12-21(13-11-20)14-15-22-16-18-24(19-17-22)23-8-5-4-6-9-23/h4-6,8-9,20-22,24H,2-3,7,10-19H2,1H3. The molecule has 0 heterocycles. The highest BCUT2D eigenvalue weighted by atomic mass is 14.3. The summed E-state index contributed by atoms with van der Waals surface area (Å²) >= 11 is 0. The first kappa shape index (κ1) is 18.0. The van der Waals surface area contributed by atoms with E-state index in [-0.39, 0.29) is 0 Å². The smallest absolute Gasteiger partial charge is 0.0162 e. The van der Waals surface area contributed by atoms with Gasteiger partial charge in [0.2, 0.25) is 0 Å². The Labute approximate surface area is 150 Å². The molecule has 2 aliphatic rings. The topological polar surface area (TPSA) is 0 Å². The van der Waals surface area contributed by atoms with Crippen LogP contribution in [-0.2, 0) is 0 Å². The lowest BCUT2D eigenvalue weighted by Gasteiger charge is -2.32. The van der Waals surface area contributed by atoms with E-state index in [0.717, 1.165) is 23.7 Å². The summed E-state index contributed by atoms with van der Waals surface area (Å²) in [6.45, 7) is 2.33. The first-order valence-electron chi connectivity index (χ1n) is 10.9. The highest BCUT2D eigenvalue weighted by Crippen LogP contribution is 2.40. The maximum absolute atomic E-state index is 2.34. The molecule has 0 radical (unpaired) electrons. The molecule has 0 atom stereocenters. The van der Waals surface area contributed by atoms with E-state index in [1.807, 2.05) is 0 Å². The van der Waals surface area contributed by atoms with Crippen molar-refractivity contribution in [2.45, 2.75) is 96.3 Å². The molecule has 24 heavy (non-hydrogen) atoms. The molecule has 0 nitrogen and oxygen atoms in total. The van der Waals surface area contributed by atoms with Crippen LogP contribution in [0.3, 0.4) is 0 Å². The maximum Gasteiger partial charge on any atom is -0.0162 e. The molecule has 0 heteroatoms. The fourth-order valence-electron chi connectivity index (χ4n) is 5.28. The first-order chi connectivity index (χ1) is 11.8. The van der Waals surface area contributed by atoms with Crippen molar-refractivity contribution in [2.24, 2.45) is 17.8 Å². The van der Waals surface area contributed by atoms with Crippen molar-refractivity contribution in [3.8, 4) is 0 Å². The summed E-state index contributed by atoms with van der Waals surface area (Å²) in [5.74, 6) is 4.01. The van der Waals surface area contributed by atoms with Crippen LogP contribution in [0.2, 0.25) is 0 Å². The molecule has 1 aromatic rings. The fraction of sp³-hybridized carbons (Fsp3) is 0.750. The van der Waals surface area contributed by atoms with Crippen LogP contribution < -0.4 is 0 Å². The minimum absolute atomic E-state index is 0.844. The Hall–Kier alpha value is -0.780. The number of hydrogen-bond acceptors (Lipinski definition) is 0. The number of rotatable bonds is 7. The molecule has 2 aliphatic carbocycles. The predicted molar refractivity (Wildman–Crippen MR) is 105 cm³/mol. The lowest BCUT2D eigenvalue weighted by molar-refractivity contribution is 0.222. The van der Waals surface area contributed by atoms with Crippen molar-refractivity contribution >= 4 is 0 Å². The summed E-state index contributed by atoms with van der Waals surface area (Å²) in [7, 11) is 0. The maximum atomic E-state index is 2.34. The van der Waals surface area contributed by atoms with Crippen LogP contribution in [0.5, 0.6) is 0 Å². The van der Waals surface area contributed by atoms with Gasteiger partial charge in [0.1, 0.15) is 0 Å². The van der Waals surface area contributed by atoms with Crippen LogP contribution in [-0.4, -0.2) is 0 Å². The van der Waals surface area contributed by atoms with Gasteiger partial charge in [-0.3, -0.25) is 0 Å². The van der Waals surface area contributed by atoms with Crippen molar-refractivity contribution in [1.82, 2.24) is 0 Å². The SMILES string of the molecule is CCCCC1CCC(CCC2CCC(c3ccccc3)CC2)CC1. The van der Waals surface area contributed by atoms with Crippen LogP contribution in [0.25, 0.3) is 0 Å². The van der Waals surface area contributed by atoms with Gasteiger partial charge in [0.05, 0.1) is 0 Å². The lowest BCUT2D eigenvalue weighted by Crippen LogP contribution is -2.17. The Bertz CT molecular complexity index is 432. The number of hydrogen-bond donors (Lipinski definition) is 0. The average molecular weight is 327 g/mol. The normalized spacial score (nSPS) is 31.0. The molecule has 0 aromatic heterocycles. The molecule has 2 fully saturated rings. The number of benzene rings is 1. The zero-order valence-electron chi connectivity index (χ0n) is 15.9. The van der Waals surface area contributed by atoms with E-state index in [1.54, 1.807) is 5.56 Å². The minimum atomic E-state index is 0.844. The summed E-state index contributed by atoms with van der Waals surface area (Å²) < 4.78 is 0. The van der Waals surface area contributed by atoms with E-state index in [1.165, 1.54) is 83.5 Å². The van der Waals surface area contributed by atoms with E-state index >= 15 is 0 Å². The summed E-state index contributed by atoms with van der Waals surface area (Å²) in [5, 5.41) is 0. The highest BCUT2D eigenvalue weighted by Gasteiger charge is 2.25. The molecule has 0 bridgehead atoms. The van der Waals surface area contributed by atoms with Gasteiger partial charge in [0.25, 0.3) is 0 Å².